The van der Waals surface area contributed by atoms with E-state index in [1.54, 1.807) is 12.1 Å². The molecule has 2 aromatic rings. The van der Waals surface area contributed by atoms with Crippen molar-refractivity contribution in [1.82, 2.24) is 0 Å². The van der Waals surface area contributed by atoms with Crippen LogP contribution in [0.4, 0.5) is 4.39 Å². The predicted molar refractivity (Wildman–Crippen MR) is 66.7 cm³/mol. The summed E-state index contributed by atoms with van der Waals surface area (Å²) in [6.45, 7) is 3.96. The molecule has 0 aliphatic heterocycles. The molecule has 0 atom stereocenters. The normalized spacial score (nSPS) is 10.3. The zero-order valence-corrected chi connectivity index (χ0v) is 9.83. The molecule has 0 aromatic heterocycles. The van der Waals surface area contributed by atoms with Gasteiger partial charge in [-0.1, -0.05) is 41.5 Å². The summed E-state index contributed by atoms with van der Waals surface area (Å²) in [6, 6.07) is 10.5. The fourth-order valence-electron chi connectivity index (χ4n) is 1.97. The molecule has 86 valence electrons. The molecule has 2 rings (SSSR count). The first-order valence-electron chi connectivity index (χ1n) is 5.43. The van der Waals surface area contributed by atoms with Gasteiger partial charge in [-0.15, -0.1) is 0 Å². The lowest BCUT2D eigenvalue weighted by atomic mass is 9.99. The number of aryl methyl sites for hydroxylation is 2. The molecular weight excluding hydrogens is 215 g/mol. The second-order valence-electron chi connectivity index (χ2n) is 4.23. The van der Waals surface area contributed by atoms with Crippen molar-refractivity contribution in [2.75, 3.05) is 0 Å². The smallest absolute Gasteiger partial charge is 0.150 e. The third kappa shape index (κ3) is 2.41. The van der Waals surface area contributed by atoms with Gasteiger partial charge in [0.25, 0.3) is 0 Å². The van der Waals surface area contributed by atoms with E-state index in [1.807, 2.05) is 32.0 Å². The Morgan fingerprint density at radius 3 is 2.18 bits per heavy atom. The molecule has 0 aliphatic rings. The minimum absolute atomic E-state index is 0.357. The van der Waals surface area contributed by atoms with E-state index in [2.05, 4.69) is 0 Å². The fraction of sp³-hybridized carbons (Fsp3) is 0.133. The van der Waals surface area contributed by atoms with Crippen LogP contribution in [0.15, 0.2) is 36.4 Å². The number of halogens is 1. The number of hydrogen-bond acceptors (Lipinski definition) is 1. The summed E-state index contributed by atoms with van der Waals surface area (Å²) in [6.07, 6.45) is 0.647. The maximum absolute atomic E-state index is 13.8. The van der Waals surface area contributed by atoms with Gasteiger partial charge in [-0.25, -0.2) is 4.39 Å². The number of hydrogen-bond donors (Lipinski definition) is 0. The van der Waals surface area contributed by atoms with Gasteiger partial charge in [0.1, 0.15) is 12.1 Å². The van der Waals surface area contributed by atoms with E-state index in [4.69, 9.17) is 0 Å². The lowest BCUT2D eigenvalue weighted by molar-refractivity contribution is 0.112. The van der Waals surface area contributed by atoms with Crippen molar-refractivity contribution in [1.29, 1.82) is 0 Å². The molecule has 0 bridgehead atoms. The molecule has 0 amide bonds. The van der Waals surface area contributed by atoms with Gasteiger partial charge in [0.05, 0.1) is 0 Å². The molecule has 0 saturated heterocycles. The quantitative estimate of drug-likeness (QED) is 0.712. The van der Waals surface area contributed by atoms with Gasteiger partial charge in [-0.05, 0) is 25.5 Å². The van der Waals surface area contributed by atoms with Crippen LogP contribution < -0.4 is 0 Å². The number of benzene rings is 2. The summed E-state index contributed by atoms with van der Waals surface area (Å²) in [7, 11) is 0. The van der Waals surface area contributed by atoms with Crippen molar-refractivity contribution in [3.05, 3.63) is 58.9 Å². The number of aldehydes is 1. The van der Waals surface area contributed by atoms with Gasteiger partial charge in [0, 0.05) is 11.1 Å². The summed E-state index contributed by atoms with van der Waals surface area (Å²) >= 11 is 0. The Hall–Kier alpha value is -1.96. The second kappa shape index (κ2) is 4.50. The largest absolute Gasteiger partial charge is 0.298 e. The van der Waals surface area contributed by atoms with Gasteiger partial charge in [-0.3, -0.25) is 4.79 Å². The highest BCUT2D eigenvalue weighted by Gasteiger charge is 2.06. The predicted octanol–water partition coefficient (Wildman–Crippen LogP) is 3.92. The molecule has 0 unspecified atom stereocenters. The zero-order chi connectivity index (χ0) is 12.4. The minimum Gasteiger partial charge on any atom is -0.298 e. The summed E-state index contributed by atoms with van der Waals surface area (Å²) in [5.74, 6) is -0.361. The summed E-state index contributed by atoms with van der Waals surface area (Å²) in [5.41, 5.74) is 3.92. The molecular formula is C15H13FO. The number of carbonyl (C=O) groups is 1. The average molecular weight is 228 g/mol. The molecule has 0 heterocycles. The SMILES string of the molecule is Cc1cc(C)cc(-c2ccc(C=O)cc2F)c1. The molecule has 0 saturated carbocycles. The average Bonchev–Trinajstić information content (AvgIpc) is 2.27. The van der Waals surface area contributed by atoms with E-state index in [0.29, 0.717) is 17.4 Å². The Morgan fingerprint density at radius 1 is 1.00 bits per heavy atom. The van der Waals surface area contributed by atoms with Crippen LogP contribution in [0.1, 0.15) is 21.5 Å². The Morgan fingerprint density at radius 2 is 1.65 bits per heavy atom. The lowest BCUT2D eigenvalue weighted by Gasteiger charge is -2.07. The maximum atomic E-state index is 13.8. The van der Waals surface area contributed by atoms with Crippen molar-refractivity contribution < 1.29 is 9.18 Å². The fourth-order valence-corrected chi connectivity index (χ4v) is 1.97. The third-order valence-electron chi connectivity index (χ3n) is 2.66. The molecule has 2 aromatic carbocycles. The minimum atomic E-state index is -0.361. The molecule has 0 fully saturated rings. The highest BCUT2D eigenvalue weighted by atomic mass is 19.1. The maximum Gasteiger partial charge on any atom is 0.150 e. The van der Waals surface area contributed by atoms with E-state index in [0.717, 1.165) is 16.7 Å². The standard InChI is InChI=1S/C15H13FO/c1-10-5-11(2)7-13(6-10)14-4-3-12(9-17)8-15(14)16/h3-9H,1-2H3. The first-order chi connectivity index (χ1) is 8.10. The van der Waals surface area contributed by atoms with Gasteiger partial charge in [0.2, 0.25) is 0 Å². The highest BCUT2D eigenvalue weighted by molar-refractivity contribution is 5.77. The topological polar surface area (TPSA) is 17.1 Å². The van der Waals surface area contributed by atoms with Crippen molar-refractivity contribution in [3.8, 4) is 11.1 Å². The van der Waals surface area contributed by atoms with E-state index >= 15 is 0 Å². The Kier molecular flexibility index (Phi) is 3.05. The van der Waals surface area contributed by atoms with Gasteiger partial charge in [-0.2, -0.15) is 0 Å². The van der Waals surface area contributed by atoms with Crippen LogP contribution in [0.2, 0.25) is 0 Å². The van der Waals surface area contributed by atoms with Crippen LogP contribution in [0.25, 0.3) is 11.1 Å². The summed E-state index contributed by atoms with van der Waals surface area (Å²) in [5, 5.41) is 0. The van der Waals surface area contributed by atoms with Gasteiger partial charge in [0.15, 0.2) is 0 Å². The molecule has 0 aliphatic carbocycles. The first-order valence-corrected chi connectivity index (χ1v) is 5.43. The van der Waals surface area contributed by atoms with Crippen molar-refractivity contribution in [2.24, 2.45) is 0 Å². The molecule has 1 nitrogen and oxygen atoms in total. The van der Waals surface area contributed by atoms with Crippen molar-refractivity contribution in [3.63, 3.8) is 0 Å². The van der Waals surface area contributed by atoms with Crippen molar-refractivity contribution >= 4 is 6.29 Å². The molecule has 0 spiro atoms. The van der Waals surface area contributed by atoms with E-state index in [9.17, 15) is 9.18 Å². The number of rotatable bonds is 2. The third-order valence-corrected chi connectivity index (χ3v) is 2.66. The van der Waals surface area contributed by atoms with E-state index in [1.165, 1.54) is 6.07 Å². The number of carbonyl (C=O) groups excluding carboxylic acids is 1. The summed E-state index contributed by atoms with van der Waals surface area (Å²) < 4.78 is 13.8. The molecule has 2 heteroatoms. The second-order valence-corrected chi connectivity index (χ2v) is 4.23. The molecule has 17 heavy (non-hydrogen) atoms. The van der Waals surface area contributed by atoms with E-state index in [-0.39, 0.29) is 5.82 Å². The van der Waals surface area contributed by atoms with Crippen LogP contribution in [-0.2, 0) is 0 Å². The van der Waals surface area contributed by atoms with E-state index < -0.39 is 0 Å². The Bertz CT molecular complexity index is 553. The summed E-state index contributed by atoms with van der Waals surface area (Å²) in [4.78, 5) is 10.5. The van der Waals surface area contributed by atoms with Crippen LogP contribution in [-0.4, -0.2) is 6.29 Å². The van der Waals surface area contributed by atoms with Crippen LogP contribution in [0.3, 0.4) is 0 Å². The lowest BCUT2D eigenvalue weighted by Crippen LogP contribution is -1.89. The first kappa shape index (κ1) is 11.5. The molecule has 0 radical (unpaired) electrons. The Labute approximate surface area is 99.9 Å². The van der Waals surface area contributed by atoms with Gasteiger partial charge >= 0.3 is 0 Å². The van der Waals surface area contributed by atoms with Crippen LogP contribution in [0.5, 0.6) is 0 Å². The Balaban J connectivity index is 2.56. The zero-order valence-electron chi connectivity index (χ0n) is 9.83. The van der Waals surface area contributed by atoms with Crippen molar-refractivity contribution in [2.45, 2.75) is 13.8 Å². The van der Waals surface area contributed by atoms with Gasteiger partial charge < -0.3 is 0 Å². The van der Waals surface area contributed by atoms with Crippen LogP contribution >= 0.6 is 0 Å². The monoisotopic (exact) mass is 228 g/mol. The highest BCUT2D eigenvalue weighted by Crippen LogP contribution is 2.25. The molecule has 0 N–H and O–H groups in total. The van der Waals surface area contributed by atoms with Crippen LogP contribution in [0, 0.1) is 19.7 Å².